The first-order valence-corrected chi connectivity index (χ1v) is 12.0. The van der Waals surface area contributed by atoms with Crippen LogP contribution < -0.4 is 30.3 Å². The Morgan fingerprint density at radius 1 is 1.03 bits per heavy atom. The molecule has 10 nitrogen and oxygen atoms in total. The first kappa shape index (κ1) is 25.7. The maximum atomic E-state index is 12.2. The van der Waals surface area contributed by atoms with Gasteiger partial charge in [-0.05, 0) is 66.1 Å². The van der Waals surface area contributed by atoms with E-state index in [1.54, 1.807) is 48.5 Å². The molecule has 37 heavy (non-hydrogen) atoms. The first-order valence-electron chi connectivity index (χ1n) is 11.2. The molecule has 0 bridgehead atoms. The second kappa shape index (κ2) is 12.0. The van der Waals surface area contributed by atoms with Crippen LogP contribution >= 0.6 is 15.9 Å². The lowest BCUT2D eigenvalue weighted by atomic mass is 10.2. The van der Waals surface area contributed by atoms with Gasteiger partial charge in [0.15, 0.2) is 18.1 Å². The topological polar surface area (TPSA) is 127 Å². The molecule has 3 aromatic rings. The third-order valence-electron chi connectivity index (χ3n) is 5.15. The number of aryl methyl sites for hydroxylation is 1. The fraction of sp³-hybridized carbons (Fsp3) is 0.154. The van der Waals surface area contributed by atoms with Crippen molar-refractivity contribution in [1.29, 1.82) is 0 Å². The lowest BCUT2D eigenvalue weighted by Crippen LogP contribution is -2.37. The van der Waals surface area contributed by atoms with Crippen molar-refractivity contribution in [2.45, 2.75) is 13.5 Å². The highest BCUT2D eigenvalue weighted by molar-refractivity contribution is 9.10. The summed E-state index contributed by atoms with van der Waals surface area (Å²) in [6.45, 7) is 2.04. The molecule has 11 heteroatoms. The van der Waals surface area contributed by atoms with Crippen LogP contribution in [-0.4, -0.2) is 37.3 Å². The van der Waals surface area contributed by atoms with Crippen LogP contribution in [0.5, 0.6) is 17.2 Å². The van der Waals surface area contributed by atoms with Crippen molar-refractivity contribution >= 4 is 45.6 Å². The predicted octanol–water partition coefficient (Wildman–Crippen LogP) is 3.27. The predicted molar refractivity (Wildman–Crippen MR) is 140 cm³/mol. The van der Waals surface area contributed by atoms with Crippen molar-refractivity contribution in [1.82, 2.24) is 10.7 Å². The Morgan fingerprint density at radius 2 is 1.86 bits per heavy atom. The maximum absolute atomic E-state index is 12.2. The van der Waals surface area contributed by atoms with Gasteiger partial charge in [0.25, 0.3) is 5.91 Å². The van der Waals surface area contributed by atoms with Crippen LogP contribution in [-0.2, 0) is 20.9 Å². The summed E-state index contributed by atoms with van der Waals surface area (Å²) >= 11 is 3.42. The summed E-state index contributed by atoms with van der Waals surface area (Å²) in [6, 6.07) is 17.5. The summed E-state index contributed by atoms with van der Waals surface area (Å²) in [5.41, 5.74) is 5.21. The van der Waals surface area contributed by atoms with Crippen molar-refractivity contribution in [2.24, 2.45) is 5.10 Å². The van der Waals surface area contributed by atoms with Crippen LogP contribution in [0.2, 0.25) is 0 Å². The summed E-state index contributed by atoms with van der Waals surface area (Å²) < 4.78 is 17.0. The molecule has 190 valence electrons. The number of nitrogens with one attached hydrogen (secondary N) is 3. The summed E-state index contributed by atoms with van der Waals surface area (Å²) in [5.74, 6) is -0.384. The molecule has 3 amide bonds. The van der Waals surface area contributed by atoms with E-state index in [-0.39, 0.29) is 25.9 Å². The van der Waals surface area contributed by atoms with Gasteiger partial charge in [-0.1, -0.05) is 34.1 Å². The van der Waals surface area contributed by atoms with E-state index in [9.17, 15) is 14.4 Å². The quantitative estimate of drug-likeness (QED) is 0.218. The summed E-state index contributed by atoms with van der Waals surface area (Å²) in [5, 5.41) is 9.10. The molecule has 0 spiro atoms. The summed E-state index contributed by atoms with van der Waals surface area (Å²) in [6.07, 6.45) is 1.36. The van der Waals surface area contributed by atoms with E-state index in [0.717, 1.165) is 15.6 Å². The van der Waals surface area contributed by atoms with Crippen molar-refractivity contribution in [3.05, 3.63) is 81.8 Å². The maximum Gasteiger partial charge on any atom is 0.329 e. The number of amides is 3. The molecule has 3 N–H and O–H groups in total. The fourth-order valence-corrected chi connectivity index (χ4v) is 3.53. The molecule has 0 fully saturated rings. The first-order chi connectivity index (χ1) is 17.9. The molecule has 0 atom stereocenters. The number of nitrogens with zero attached hydrogens (tertiary/aromatic N) is 1. The second-order valence-corrected chi connectivity index (χ2v) is 8.80. The number of rotatable bonds is 8. The van der Waals surface area contributed by atoms with E-state index < -0.39 is 11.8 Å². The fourth-order valence-electron chi connectivity index (χ4n) is 3.28. The van der Waals surface area contributed by atoms with Crippen molar-refractivity contribution in [2.75, 3.05) is 18.7 Å². The number of hydrogen-bond donors (Lipinski definition) is 3. The van der Waals surface area contributed by atoms with E-state index in [0.29, 0.717) is 28.5 Å². The van der Waals surface area contributed by atoms with Crippen molar-refractivity contribution in [3.8, 4) is 17.2 Å². The number of fused-ring (bicyclic) bond motifs is 1. The minimum absolute atomic E-state index is 0.140. The van der Waals surface area contributed by atoms with Crippen LogP contribution in [0.15, 0.2) is 70.2 Å². The van der Waals surface area contributed by atoms with E-state index in [1.165, 1.54) is 6.21 Å². The zero-order chi connectivity index (χ0) is 26.2. The molecular weight excluding hydrogens is 544 g/mol. The third kappa shape index (κ3) is 7.31. The Balaban J connectivity index is 1.21. The molecule has 0 saturated heterocycles. The number of carbonyl (C=O) groups is 3. The van der Waals surface area contributed by atoms with Gasteiger partial charge in [-0.25, -0.2) is 5.43 Å². The smallest absolute Gasteiger partial charge is 0.329 e. The zero-order valence-electron chi connectivity index (χ0n) is 19.7. The lowest BCUT2D eigenvalue weighted by molar-refractivity contribution is -0.139. The molecule has 1 aliphatic rings. The third-order valence-corrected chi connectivity index (χ3v) is 6.04. The minimum Gasteiger partial charge on any atom is -0.484 e. The number of carbonyl (C=O) groups excluding carboxylic acids is 3. The van der Waals surface area contributed by atoms with Crippen LogP contribution in [0.25, 0.3) is 0 Å². The van der Waals surface area contributed by atoms with Crippen molar-refractivity contribution in [3.63, 3.8) is 0 Å². The van der Waals surface area contributed by atoms with Gasteiger partial charge in [-0.15, -0.1) is 0 Å². The average Bonchev–Trinajstić information content (AvgIpc) is 3.36. The Morgan fingerprint density at radius 3 is 2.70 bits per heavy atom. The van der Waals surface area contributed by atoms with Gasteiger partial charge >= 0.3 is 11.8 Å². The van der Waals surface area contributed by atoms with Gasteiger partial charge in [0, 0.05) is 16.7 Å². The molecule has 0 unspecified atom stereocenters. The van der Waals surface area contributed by atoms with Gasteiger partial charge in [-0.3, -0.25) is 14.4 Å². The highest BCUT2D eigenvalue weighted by Gasteiger charge is 2.15. The molecule has 0 aromatic heterocycles. The SMILES string of the molecule is Cc1cc(NC(=O)COc2cccc(/C=N\NC(=O)C(=O)NCc3ccc4c(c3)OCO4)c2)ccc1Br. The molecule has 0 saturated carbocycles. The molecule has 3 aromatic carbocycles. The normalized spacial score (nSPS) is 11.7. The van der Waals surface area contributed by atoms with Crippen LogP contribution in [0, 0.1) is 6.92 Å². The Kier molecular flexibility index (Phi) is 8.37. The molecular formula is C26H23BrN4O6. The Labute approximate surface area is 221 Å². The minimum atomic E-state index is -0.913. The van der Waals surface area contributed by atoms with Gasteiger partial charge in [0.1, 0.15) is 5.75 Å². The van der Waals surface area contributed by atoms with Gasteiger partial charge < -0.3 is 24.8 Å². The number of benzene rings is 3. The van der Waals surface area contributed by atoms with Gasteiger partial charge in [-0.2, -0.15) is 5.10 Å². The lowest BCUT2D eigenvalue weighted by Gasteiger charge is -2.09. The van der Waals surface area contributed by atoms with E-state index in [4.69, 9.17) is 14.2 Å². The molecule has 1 heterocycles. The number of ether oxygens (including phenoxy) is 3. The van der Waals surface area contributed by atoms with Gasteiger partial charge in [0.2, 0.25) is 6.79 Å². The van der Waals surface area contributed by atoms with Crippen LogP contribution in [0.1, 0.15) is 16.7 Å². The molecule has 0 radical (unpaired) electrons. The molecule has 1 aliphatic heterocycles. The standard InChI is InChI=1S/C26H23BrN4O6/c1-16-9-19(6-7-21(16)27)30-24(32)14-35-20-4-2-3-17(10-20)13-29-31-26(34)25(33)28-12-18-5-8-22-23(11-18)37-15-36-22/h2-11,13H,12,14-15H2,1H3,(H,28,33)(H,30,32)(H,31,34)/b29-13-. The number of hydrogen-bond acceptors (Lipinski definition) is 7. The van der Waals surface area contributed by atoms with Crippen LogP contribution in [0.4, 0.5) is 5.69 Å². The summed E-state index contributed by atoms with van der Waals surface area (Å²) in [4.78, 5) is 36.3. The van der Waals surface area contributed by atoms with E-state index >= 15 is 0 Å². The second-order valence-electron chi connectivity index (χ2n) is 7.94. The van der Waals surface area contributed by atoms with Gasteiger partial charge in [0.05, 0.1) is 6.21 Å². The number of anilines is 1. The molecule has 0 aliphatic carbocycles. The van der Waals surface area contributed by atoms with E-state index in [2.05, 4.69) is 37.1 Å². The largest absolute Gasteiger partial charge is 0.484 e. The van der Waals surface area contributed by atoms with E-state index in [1.807, 2.05) is 19.1 Å². The molecule has 4 rings (SSSR count). The van der Waals surface area contributed by atoms with Crippen molar-refractivity contribution < 1.29 is 28.6 Å². The zero-order valence-corrected chi connectivity index (χ0v) is 21.3. The Hall–Kier alpha value is -4.38. The van der Waals surface area contributed by atoms with Crippen LogP contribution in [0.3, 0.4) is 0 Å². The number of hydrazone groups is 1. The Bertz CT molecular complexity index is 1360. The highest BCUT2D eigenvalue weighted by atomic mass is 79.9. The number of halogens is 1. The highest BCUT2D eigenvalue weighted by Crippen LogP contribution is 2.32. The monoisotopic (exact) mass is 566 g/mol. The average molecular weight is 567 g/mol. The summed E-state index contributed by atoms with van der Waals surface area (Å²) in [7, 11) is 0.